The van der Waals surface area contributed by atoms with Crippen LogP contribution < -0.4 is 15.2 Å². The number of furan rings is 1. The molecule has 0 bridgehead atoms. The van der Waals surface area contributed by atoms with Crippen LogP contribution in [0.1, 0.15) is 33.2 Å². The summed E-state index contributed by atoms with van der Waals surface area (Å²) in [6, 6.07) is 17.0. The van der Waals surface area contributed by atoms with Crippen molar-refractivity contribution in [2.45, 2.75) is 12.8 Å². The zero-order valence-electron chi connectivity index (χ0n) is 18.1. The average Bonchev–Trinajstić information content (AvgIpc) is 3.14. The summed E-state index contributed by atoms with van der Waals surface area (Å²) in [6.07, 6.45) is 0. The highest BCUT2D eigenvalue weighted by Crippen LogP contribution is 2.47. The second-order valence-electron chi connectivity index (χ2n) is 7.85. The lowest BCUT2D eigenvalue weighted by Gasteiger charge is -2.27. The van der Waals surface area contributed by atoms with Crippen LogP contribution in [0.15, 0.2) is 70.5 Å². The fourth-order valence-electron chi connectivity index (χ4n) is 4.12. The first-order valence-corrected chi connectivity index (χ1v) is 11.5. The maximum atomic E-state index is 12.9. The fraction of sp³-hybridized carbons (Fsp3) is 0.0769. The topological polar surface area (TPSA) is 98.5 Å². The van der Waals surface area contributed by atoms with E-state index in [0.29, 0.717) is 43.1 Å². The Labute approximate surface area is 215 Å². The molecule has 0 radical (unpaired) electrons. The molecule has 5 rings (SSSR count). The largest absolute Gasteiger partial charge is 0.449 e. The Bertz CT molecular complexity index is 1580. The molecule has 4 aromatic rings. The summed E-state index contributed by atoms with van der Waals surface area (Å²) in [6.45, 7) is 1.75. The number of nitriles is 1. The maximum absolute atomic E-state index is 12.9. The van der Waals surface area contributed by atoms with Gasteiger partial charge in [0.1, 0.15) is 28.7 Å². The highest BCUT2D eigenvalue weighted by molar-refractivity contribution is 6.36. The van der Waals surface area contributed by atoms with E-state index >= 15 is 0 Å². The summed E-state index contributed by atoms with van der Waals surface area (Å²) in [5, 5.41) is 11.8. The molecule has 1 unspecified atom stereocenters. The van der Waals surface area contributed by atoms with Crippen LogP contribution in [0.3, 0.4) is 0 Å². The standard InChI is InChI=1S/C26H15Cl3N2O4/c1-12-16-9-13(27)5-8-20(16)34-24(12)26(32)33-14-6-7-15-21(10-14)35-25(31)17(11-30)22(15)23-18(28)3-2-4-19(23)29/h2-10,22H,31H2,1H3. The van der Waals surface area contributed by atoms with E-state index in [1.54, 1.807) is 55.5 Å². The highest BCUT2D eigenvalue weighted by Gasteiger charge is 2.34. The van der Waals surface area contributed by atoms with Gasteiger partial charge in [-0.1, -0.05) is 46.9 Å². The van der Waals surface area contributed by atoms with Gasteiger partial charge in [-0.05, 0) is 43.3 Å². The molecule has 0 amide bonds. The summed E-state index contributed by atoms with van der Waals surface area (Å²) >= 11 is 18.9. The van der Waals surface area contributed by atoms with Crippen molar-refractivity contribution in [3.63, 3.8) is 0 Å². The second kappa shape index (κ2) is 8.86. The molecule has 1 aliphatic heterocycles. The quantitative estimate of drug-likeness (QED) is 0.225. The summed E-state index contributed by atoms with van der Waals surface area (Å²) in [7, 11) is 0. The van der Waals surface area contributed by atoms with E-state index in [4.69, 9.17) is 54.4 Å². The molecule has 0 aliphatic carbocycles. The predicted molar refractivity (Wildman–Crippen MR) is 133 cm³/mol. The van der Waals surface area contributed by atoms with Gasteiger partial charge < -0.3 is 19.6 Å². The van der Waals surface area contributed by atoms with E-state index in [1.165, 1.54) is 6.07 Å². The van der Waals surface area contributed by atoms with Gasteiger partial charge in [-0.2, -0.15) is 5.26 Å². The zero-order valence-corrected chi connectivity index (χ0v) is 20.3. The maximum Gasteiger partial charge on any atom is 0.379 e. The van der Waals surface area contributed by atoms with Crippen molar-refractivity contribution >= 4 is 51.7 Å². The van der Waals surface area contributed by atoms with Gasteiger partial charge >= 0.3 is 5.97 Å². The van der Waals surface area contributed by atoms with E-state index in [-0.39, 0.29) is 23.0 Å². The van der Waals surface area contributed by atoms with Gasteiger partial charge in [0, 0.05) is 43.2 Å². The lowest BCUT2D eigenvalue weighted by atomic mass is 9.83. The number of nitrogens with two attached hydrogens (primary N) is 1. The lowest BCUT2D eigenvalue weighted by molar-refractivity contribution is 0.0702. The molecule has 1 aliphatic rings. The van der Waals surface area contributed by atoms with Gasteiger partial charge in [-0.3, -0.25) is 0 Å². The molecular formula is C26H15Cl3N2O4. The lowest BCUT2D eigenvalue weighted by Crippen LogP contribution is -2.21. The Balaban J connectivity index is 1.52. The molecule has 2 N–H and O–H groups in total. The number of hydrogen-bond acceptors (Lipinski definition) is 6. The van der Waals surface area contributed by atoms with Crippen LogP contribution in [0.2, 0.25) is 15.1 Å². The highest BCUT2D eigenvalue weighted by atomic mass is 35.5. The molecule has 0 spiro atoms. The van der Waals surface area contributed by atoms with Crippen molar-refractivity contribution in [2.24, 2.45) is 5.73 Å². The Morgan fingerprint density at radius 1 is 1.09 bits per heavy atom. The van der Waals surface area contributed by atoms with E-state index in [2.05, 4.69) is 6.07 Å². The van der Waals surface area contributed by atoms with Crippen molar-refractivity contribution in [2.75, 3.05) is 0 Å². The Morgan fingerprint density at radius 3 is 2.54 bits per heavy atom. The van der Waals surface area contributed by atoms with Crippen molar-refractivity contribution < 1.29 is 18.7 Å². The number of hydrogen-bond donors (Lipinski definition) is 1. The van der Waals surface area contributed by atoms with Gasteiger partial charge in [0.2, 0.25) is 11.6 Å². The monoisotopic (exact) mass is 524 g/mol. The summed E-state index contributed by atoms with van der Waals surface area (Å²) < 4.78 is 17.0. The van der Waals surface area contributed by atoms with Gasteiger partial charge in [0.15, 0.2) is 0 Å². The van der Waals surface area contributed by atoms with Crippen molar-refractivity contribution in [1.82, 2.24) is 0 Å². The number of nitrogens with zero attached hydrogens (tertiary/aromatic N) is 1. The minimum absolute atomic E-state index is 0.0628. The smallest absolute Gasteiger partial charge is 0.379 e. The number of benzene rings is 3. The third-order valence-corrected chi connectivity index (χ3v) is 6.67. The molecule has 35 heavy (non-hydrogen) atoms. The van der Waals surface area contributed by atoms with E-state index in [9.17, 15) is 10.1 Å². The van der Waals surface area contributed by atoms with Crippen LogP contribution in [-0.4, -0.2) is 5.97 Å². The van der Waals surface area contributed by atoms with Crippen molar-refractivity contribution in [1.29, 1.82) is 5.26 Å². The minimum Gasteiger partial charge on any atom is -0.449 e. The molecule has 0 saturated heterocycles. The van der Waals surface area contributed by atoms with Crippen LogP contribution in [0.4, 0.5) is 0 Å². The van der Waals surface area contributed by atoms with Crippen LogP contribution in [0.25, 0.3) is 11.0 Å². The van der Waals surface area contributed by atoms with E-state index in [1.807, 2.05) is 0 Å². The first kappa shape index (κ1) is 23.1. The number of allylic oxidation sites excluding steroid dienone is 1. The first-order chi connectivity index (χ1) is 16.8. The van der Waals surface area contributed by atoms with Crippen LogP contribution >= 0.6 is 34.8 Å². The zero-order chi connectivity index (χ0) is 24.9. The van der Waals surface area contributed by atoms with E-state index < -0.39 is 11.9 Å². The molecule has 174 valence electrons. The van der Waals surface area contributed by atoms with Gasteiger partial charge in [-0.25, -0.2) is 4.79 Å². The molecule has 9 heteroatoms. The number of esters is 1. The normalized spacial score (nSPS) is 14.9. The average molecular weight is 526 g/mol. The molecule has 2 heterocycles. The number of fused-ring (bicyclic) bond motifs is 2. The number of halogens is 3. The fourth-order valence-corrected chi connectivity index (χ4v) is 4.91. The predicted octanol–water partition coefficient (Wildman–Crippen LogP) is 7.14. The van der Waals surface area contributed by atoms with Crippen LogP contribution in [0.5, 0.6) is 11.5 Å². The summed E-state index contributed by atoms with van der Waals surface area (Å²) in [5.41, 5.74) is 8.50. The number of rotatable bonds is 3. The first-order valence-electron chi connectivity index (χ1n) is 10.3. The minimum atomic E-state index is -0.683. The molecule has 6 nitrogen and oxygen atoms in total. The Kier molecular flexibility index (Phi) is 5.86. The van der Waals surface area contributed by atoms with E-state index in [0.717, 1.165) is 5.39 Å². The third kappa shape index (κ3) is 3.98. The van der Waals surface area contributed by atoms with Gasteiger partial charge in [-0.15, -0.1) is 0 Å². The Hall–Kier alpha value is -3.63. The van der Waals surface area contributed by atoms with Crippen LogP contribution in [-0.2, 0) is 0 Å². The number of carbonyl (C=O) groups excluding carboxylic acids is 1. The molecule has 0 fully saturated rings. The molecule has 0 saturated carbocycles. The molecule has 3 aromatic carbocycles. The number of ether oxygens (including phenoxy) is 2. The Morgan fingerprint density at radius 2 is 1.83 bits per heavy atom. The van der Waals surface area contributed by atoms with Gasteiger partial charge in [0.25, 0.3) is 0 Å². The van der Waals surface area contributed by atoms with Crippen molar-refractivity contribution in [3.05, 3.63) is 104 Å². The van der Waals surface area contributed by atoms with Gasteiger partial charge in [0.05, 0.1) is 5.92 Å². The summed E-state index contributed by atoms with van der Waals surface area (Å²) in [5.74, 6) is -0.860. The summed E-state index contributed by atoms with van der Waals surface area (Å²) in [4.78, 5) is 12.9. The molecule has 1 atom stereocenters. The van der Waals surface area contributed by atoms with Crippen LogP contribution in [0, 0.1) is 18.3 Å². The third-order valence-electron chi connectivity index (χ3n) is 5.77. The SMILES string of the molecule is Cc1c(C(=O)Oc2ccc3c(c2)OC(N)=C(C#N)C3c2c(Cl)cccc2Cl)oc2ccc(Cl)cc12. The molecular weight excluding hydrogens is 511 g/mol. The number of carbonyl (C=O) groups is 1. The number of aryl methyl sites for hydroxylation is 1. The van der Waals surface area contributed by atoms with Crippen molar-refractivity contribution in [3.8, 4) is 17.6 Å². The second-order valence-corrected chi connectivity index (χ2v) is 9.10. The molecule has 1 aromatic heterocycles.